The van der Waals surface area contributed by atoms with Crippen molar-refractivity contribution in [1.82, 2.24) is 5.32 Å². The Morgan fingerprint density at radius 3 is 2.64 bits per heavy atom. The first kappa shape index (κ1) is 20.4. The minimum atomic E-state index is -0.214. The van der Waals surface area contributed by atoms with Crippen LogP contribution in [0.25, 0.3) is 0 Å². The maximum absolute atomic E-state index is 12.5. The number of anilines is 1. The molecule has 0 saturated heterocycles. The first-order valence-corrected chi connectivity index (χ1v) is 11.1. The molecule has 28 heavy (non-hydrogen) atoms. The van der Waals surface area contributed by atoms with Crippen LogP contribution in [0.1, 0.15) is 22.8 Å². The molecule has 7 heteroatoms. The fourth-order valence-electron chi connectivity index (χ4n) is 2.68. The number of ether oxygens (including phenoxy) is 1. The lowest BCUT2D eigenvalue weighted by molar-refractivity contribution is -0.112. The molecule has 2 aromatic carbocycles. The number of allylic oxidation sites excluding steroid dienone is 1. The van der Waals surface area contributed by atoms with Crippen LogP contribution in [0.5, 0.6) is 0 Å². The van der Waals surface area contributed by atoms with Crippen molar-refractivity contribution in [2.24, 2.45) is 0 Å². The molecular weight excluding hydrogens is 392 g/mol. The van der Waals surface area contributed by atoms with E-state index in [9.17, 15) is 9.59 Å². The fourth-order valence-corrected chi connectivity index (χ4v) is 3.91. The zero-order valence-electron chi connectivity index (χ0n) is 15.8. The molecule has 5 nitrogen and oxygen atoms in total. The quantitative estimate of drug-likeness (QED) is 0.691. The van der Waals surface area contributed by atoms with Crippen molar-refractivity contribution >= 4 is 41.0 Å². The highest BCUT2D eigenvalue weighted by molar-refractivity contribution is 8.04. The zero-order chi connectivity index (χ0) is 19.9. The Balaban J connectivity index is 1.61. The van der Waals surface area contributed by atoms with Gasteiger partial charge in [0.2, 0.25) is 0 Å². The molecule has 0 saturated carbocycles. The van der Waals surface area contributed by atoms with Gasteiger partial charge in [-0.05, 0) is 49.1 Å². The topological polar surface area (TPSA) is 67.4 Å². The lowest BCUT2D eigenvalue weighted by Gasteiger charge is -2.18. The van der Waals surface area contributed by atoms with Gasteiger partial charge in [-0.1, -0.05) is 18.2 Å². The molecule has 3 rings (SSSR count). The Morgan fingerprint density at radius 2 is 1.93 bits per heavy atom. The maximum Gasteiger partial charge on any atom is 0.265 e. The Bertz CT molecular complexity index is 895. The van der Waals surface area contributed by atoms with Crippen LogP contribution < -0.4 is 10.6 Å². The molecule has 0 spiro atoms. The average molecular weight is 415 g/mol. The number of benzene rings is 2. The summed E-state index contributed by atoms with van der Waals surface area (Å²) in [6.45, 7) is 2.85. The van der Waals surface area contributed by atoms with Gasteiger partial charge in [0.15, 0.2) is 0 Å². The summed E-state index contributed by atoms with van der Waals surface area (Å²) in [4.78, 5) is 26.7. The Kier molecular flexibility index (Phi) is 7.06. The van der Waals surface area contributed by atoms with Crippen LogP contribution >= 0.6 is 23.5 Å². The van der Waals surface area contributed by atoms with E-state index in [4.69, 9.17) is 4.74 Å². The molecule has 0 radical (unpaired) electrons. The molecule has 2 aromatic rings. The summed E-state index contributed by atoms with van der Waals surface area (Å²) in [6.07, 6.45) is 2.03. The molecule has 0 unspecified atom stereocenters. The second-order valence-electron chi connectivity index (χ2n) is 6.15. The highest BCUT2D eigenvalue weighted by atomic mass is 32.2. The summed E-state index contributed by atoms with van der Waals surface area (Å²) in [5.74, 6) is 0.986. The van der Waals surface area contributed by atoms with Gasteiger partial charge >= 0.3 is 0 Å². The monoisotopic (exact) mass is 414 g/mol. The molecule has 0 aromatic heterocycles. The molecule has 0 atom stereocenters. The van der Waals surface area contributed by atoms with Crippen molar-refractivity contribution in [3.63, 3.8) is 0 Å². The number of hydrogen-bond donors (Lipinski definition) is 2. The standard InChI is InChI=1S/C21H22N2O3S2/c1-14-19(28-11-10-26-14)21(25)23-17-5-3-4-16(12-17)20(24)22-13-15-6-8-18(27-2)9-7-15/h3-9,12H,10-11,13H2,1-2H3,(H,22,24)(H,23,25). The van der Waals surface area contributed by atoms with Crippen molar-refractivity contribution in [2.75, 3.05) is 23.9 Å². The van der Waals surface area contributed by atoms with Crippen molar-refractivity contribution in [2.45, 2.75) is 18.4 Å². The number of nitrogens with one attached hydrogen (secondary N) is 2. The molecule has 1 heterocycles. The number of thioether (sulfide) groups is 2. The normalized spacial score (nSPS) is 13.6. The van der Waals surface area contributed by atoms with Crippen molar-refractivity contribution in [3.05, 3.63) is 70.3 Å². The lowest BCUT2D eigenvalue weighted by Crippen LogP contribution is -2.23. The second-order valence-corrected chi connectivity index (χ2v) is 8.13. The van der Waals surface area contributed by atoms with E-state index < -0.39 is 0 Å². The van der Waals surface area contributed by atoms with Crippen LogP contribution in [-0.4, -0.2) is 30.4 Å². The number of hydrogen-bond acceptors (Lipinski definition) is 5. The minimum Gasteiger partial charge on any atom is -0.496 e. The summed E-state index contributed by atoms with van der Waals surface area (Å²) in [7, 11) is 0. The van der Waals surface area contributed by atoms with Crippen LogP contribution in [0.15, 0.2) is 64.1 Å². The van der Waals surface area contributed by atoms with E-state index in [2.05, 4.69) is 10.6 Å². The average Bonchev–Trinajstić information content (AvgIpc) is 2.72. The van der Waals surface area contributed by atoms with Crippen LogP contribution in [0.3, 0.4) is 0 Å². The number of amides is 2. The maximum atomic E-state index is 12.5. The summed E-state index contributed by atoms with van der Waals surface area (Å²) in [5, 5.41) is 5.76. The van der Waals surface area contributed by atoms with E-state index in [0.29, 0.717) is 35.1 Å². The highest BCUT2D eigenvalue weighted by Crippen LogP contribution is 2.26. The van der Waals surface area contributed by atoms with Gasteiger partial charge in [-0.2, -0.15) is 0 Å². The molecule has 0 aliphatic carbocycles. The second kappa shape index (κ2) is 9.71. The number of carbonyl (C=O) groups is 2. The Hall–Kier alpha value is -2.38. The number of rotatable bonds is 6. The van der Waals surface area contributed by atoms with Gasteiger partial charge in [0.1, 0.15) is 10.7 Å². The molecular formula is C21H22N2O3S2. The molecule has 1 aliphatic heterocycles. The Morgan fingerprint density at radius 1 is 1.14 bits per heavy atom. The van der Waals surface area contributed by atoms with Crippen LogP contribution in [0.2, 0.25) is 0 Å². The van der Waals surface area contributed by atoms with Gasteiger partial charge in [0.05, 0.1) is 6.61 Å². The SMILES string of the molecule is CSc1ccc(CNC(=O)c2cccc(NC(=O)C3=C(C)OCCS3)c2)cc1. The van der Waals surface area contributed by atoms with Gasteiger partial charge in [0.25, 0.3) is 11.8 Å². The van der Waals surface area contributed by atoms with Gasteiger partial charge in [-0.25, -0.2) is 0 Å². The molecule has 2 N–H and O–H groups in total. The largest absolute Gasteiger partial charge is 0.496 e. The summed E-state index contributed by atoms with van der Waals surface area (Å²) >= 11 is 3.16. The van der Waals surface area contributed by atoms with E-state index in [1.54, 1.807) is 43.0 Å². The fraction of sp³-hybridized carbons (Fsp3) is 0.238. The van der Waals surface area contributed by atoms with E-state index in [0.717, 1.165) is 11.3 Å². The van der Waals surface area contributed by atoms with E-state index in [1.807, 2.05) is 30.5 Å². The smallest absolute Gasteiger partial charge is 0.265 e. The van der Waals surface area contributed by atoms with Crippen LogP contribution in [-0.2, 0) is 16.1 Å². The van der Waals surface area contributed by atoms with Crippen molar-refractivity contribution in [3.8, 4) is 0 Å². The first-order valence-electron chi connectivity index (χ1n) is 8.86. The molecule has 0 fully saturated rings. The molecule has 0 bridgehead atoms. The first-order chi connectivity index (χ1) is 13.6. The third-order valence-corrected chi connectivity index (χ3v) is 6.04. The summed E-state index contributed by atoms with van der Waals surface area (Å²) in [6, 6.07) is 15.0. The molecule has 2 amide bonds. The third kappa shape index (κ3) is 5.33. The third-order valence-electron chi connectivity index (χ3n) is 4.17. The highest BCUT2D eigenvalue weighted by Gasteiger charge is 2.19. The van der Waals surface area contributed by atoms with Crippen LogP contribution in [0.4, 0.5) is 5.69 Å². The van der Waals surface area contributed by atoms with Gasteiger partial charge in [-0.15, -0.1) is 23.5 Å². The summed E-state index contributed by atoms with van der Waals surface area (Å²) < 4.78 is 5.43. The van der Waals surface area contributed by atoms with E-state index >= 15 is 0 Å². The van der Waals surface area contributed by atoms with E-state index in [-0.39, 0.29) is 11.8 Å². The zero-order valence-corrected chi connectivity index (χ0v) is 17.4. The van der Waals surface area contributed by atoms with E-state index in [1.165, 1.54) is 16.7 Å². The summed E-state index contributed by atoms with van der Waals surface area (Å²) in [5.41, 5.74) is 2.11. The predicted octanol–water partition coefficient (Wildman–Crippen LogP) is 4.27. The van der Waals surface area contributed by atoms with Gasteiger partial charge < -0.3 is 15.4 Å². The lowest BCUT2D eigenvalue weighted by atomic mass is 10.1. The Labute approximate surface area is 173 Å². The van der Waals surface area contributed by atoms with Gasteiger partial charge in [0, 0.05) is 28.4 Å². The van der Waals surface area contributed by atoms with Gasteiger partial charge in [-0.3, -0.25) is 9.59 Å². The molecule has 1 aliphatic rings. The minimum absolute atomic E-state index is 0.184. The van der Waals surface area contributed by atoms with Crippen molar-refractivity contribution in [1.29, 1.82) is 0 Å². The molecule has 146 valence electrons. The van der Waals surface area contributed by atoms with Crippen molar-refractivity contribution < 1.29 is 14.3 Å². The number of carbonyl (C=O) groups excluding carboxylic acids is 2. The predicted molar refractivity (Wildman–Crippen MR) is 116 cm³/mol. The van der Waals surface area contributed by atoms with Crippen LogP contribution in [0, 0.1) is 0 Å².